The lowest BCUT2D eigenvalue weighted by Crippen LogP contribution is -2.25. The lowest BCUT2D eigenvalue weighted by atomic mass is 10.1. The van der Waals surface area contributed by atoms with Crippen molar-refractivity contribution in [1.82, 2.24) is 19.3 Å². The van der Waals surface area contributed by atoms with Crippen LogP contribution in [0.2, 0.25) is 0 Å². The molecule has 1 saturated heterocycles. The van der Waals surface area contributed by atoms with Crippen LogP contribution in [0.4, 0.5) is 8.78 Å². The summed E-state index contributed by atoms with van der Waals surface area (Å²) in [6.07, 6.45) is 8.08. The van der Waals surface area contributed by atoms with E-state index in [1.807, 2.05) is 30.5 Å². The van der Waals surface area contributed by atoms with Gasteiger partial charge in [-0.25, -0.2) is 13.8 Å². The zero-order valence-corrected chi connectivity index (χ0v) is 18.8. The summed E-state index contributed by atoms with van der Waals surface area (Å²) in [5.74, 6) is 4.74. The molecule has 8 heteroatoms. The number of carbonyl (C=O) groups excluding carboxylic acids is 1. The molecule has 0 spiro atoms. The summed E-state index contributed by atoms with van der Waals surface area (Å²) < 4.78 is 34.2. The Labute approximate surface area is 201 Å². The van der Waals surface area contributed by atoms with Crippen molar-refractivity contribution in [3.63, 3.8) is 0 Å². The number of halogens is 2. The van der Waals surface area contributed by atoms with E-state index in [9.17, 15) is 13.6 Å². The van der Waals surface area contributed by atoms with Gasteiger partial charge in [-0.05, 0) is 43.0 Å². The Morgan fingerprint density at radius 2 is 2.00 bits per heavy atom. The molecule has 0 aliphatic carbocycles. The number of carbonyl (C=O) groups is 1. The highest BCUT2D eigenvalue weighted by Gasteiger charge is 2.30. The molecule has 3 heterocycles. The summed E-state index contributed by atoms with van der Waals surface area (Å²) in [7, 11) is 0. The molecule has 1 atom stereocenters. The van der Waals surface area contributed by atoms with Gasteiger partial charge in [-0.1, -0.05) is 30.2 Å². The van der Waals surface area contributed by atoms with Crippen molar-refractivity contribution < 1.29 is 18.3 Å². The first-order chi connectivity index (χ1) is 17.1. The second kappa shape index (κ2) is 10.0. The monoisotopic (exact) mass is 472 g/mol. The summed E-state index contributed by atoms with van der Waals surface area (Å²) in [6, 6.07) is 11.4. The summed E-state index contributed by atoms with van der Waals surface area (Å²) in [4.78, 5) is 22.1. The number of aldehydes is 1. The number of hydrogen-bond donors (Lipinski definition) is 0. The Kier molecular flexibility index (Phi) is 6.51. The number of aromatic nitrogens is 3. The van der Waals surface area contributed by atoms with E-state index in [1.54, 1.807) is 12.4 Å². The van der Waals surface area contributed by atoms with E-state index in [-0.39, 0.29) is 18.4 Å². The van der Waals surface area contributed by atoms with Crippen molar-refractivity contribution in [2.24, 2.45) is 0 Å². The molecule has 0 saturated carbocycles. The van der Waals surface area contributed by atoms with Crippen molar-refractivity contribution in [1.29, 1.82) is 0 Å². The SMILES string of the molecule is O=CC#CCN1CCC[C@H]1c1nc(-c2ccc(COc3ccc(F)c(F)c3)cc2)c2cnccn12. The Bertz CT molecular complexity index is 1420. The quantitative estimate of drug-likeness (QED) is 0.303. The van der Waals surface area contributed by atoms with E-state index in [1.165, 1.54) is 6.07 Å². The van der Waals surface area contributed by atoms with E-state index < -0.39 is 11.6 Å². The van der Waals surface area contributed by atoms with Crippen molar-refractivity contribution in [2.75, 3.05) is 13.1 Å². The van der Waals surface area contributed by atoms with Crippen LogP contribution in [0.25, 0.3) is 16.8 Å². The lowest BCUT2D eigenvalue weighted by Gasteiger charge is -2.20. The van der Waals surface area contributed by atoms with Gasteiger partial charge in [0.15, 0.2) is 17.9 Å². The topological polar surface area (TPSA) is 59.7 Å². The van der Waals surface area contributed by atoms with Crippen LogP contribution in [0.3, 0.4) is 0 Å². The highest BCUT2D eigenvalue weighted by atomic mass is 19.2. The Balaban J connectivity index is 1.39. The van der Waals surface area contributed by atoms with Gasteiger partial charge in [0.1, 0.15) is 18.2 Å². The third-order valence-electron chi connectivity index (χ3n) is 6.10. The average Bonchev–Trinajstić information content (AvgIpc) is 3.50. The maximum atomic E-state index is 13.4. The minimum absolute atomic E-state index is 0.100. The van der Waals surface area contributed by atoms with Gasteiger partial charge in [0.05, 0.1) is 30.0 Å². The minimum atomic E-state index is -0.939. The molecule has 35 heavy (non-hydrogen) atoms. The third-order valence-corrected chi connectivity index (χ3v) is 6.10. The van der Waals surface area contributed by atoms with Crippen LogP contribution in [-0.2, 0) is 11.4 Å². The summed E-state index contributed by atoms with van der Waals surface area (Å²) >= 11 is 0. The fourth-order valence-electron chi connectivity index (χ4n) is 4.40. The van der Waals surface area contributed by atoms with E-state index in [0.717, 1.165) is 59.7 Å². The Hall–Kier alpha value is -4.09. The molecule has 0 unspecified atom stereocenters. The minimum Gasteiger partial charge on any atom is -0.489 e. The normalized spacial score (nSPS) is 15.7. The van der Waals surface area contributed by atoms with Gasteiger partial charge in [-0.3, -0.25) is 19.1 Å². The Morgan fingerprint density at radius 3 is 2.80 bits per heavy atom. The smallest absolute Gasteiger partial charge is 0.192 e. The molecule has 1 aliphatic rings. The number of hydrogen-bond acceptors (Lipinski definition) is 5. The first kappa shape index (κ1) is 22.7. The number of rotatable bonds is 6. The summed E-state index contributed by atoms with van der Waals surface area (Å²) in [6.45, 7) is 1.65. The maximum Gasteiger partial charge on any atom is 0.192 e. The number of imidazole rings is 1. The molecule has 0 N–H and O–H groups in total. The van der Waals surface area contributed by atoms with Crippen molar-refractivity contribution >= 4 is 11.8 Å². The fourth-order valence-corrected chi connectivity index (χ4v) is 4.40. The predicted molar refractivity (Wildman–Crippen MR) is 127 cm³/mol. The molecule has 4 aromatic rings. The highest BCUT2D eigenvalue weighted by Crippen LogP contribution is 2.34. The third kappa shape index (κ3) is 4.77. The van der Waals surface area contributed by atoms with E-state index in [4.69, 9.17) is 9.72 Å². The van der Waals surface area contributed by atoms with Crippen molar-refractivity contribution in [3.8, 4) is 28.8 Å². The summed E-state index contributed by atoms with van der Waals surface area (Å²) in [5.41, 5.74) is 3.55. The predicted octanol–water partition coefficient (Wildman–Crippen LogP) is 4.59. The number of ether oxygens (including phenoxy) is 1. The van der Waals surface area contributed by atoms with E-state index in [0.29, 0.717) is 12.8 Å². The number of nitrogens with zero attached hydrogens (tertiary/aromatic N) is 4. The molecule has 0 bridgehead atoms. The molecule has 1 aliphatic heterocycles. The van der Waals surface area contributed by atoms with Crippen LogP contribution in [0.1, 0.15) is 30.3 Å². The second-order valence-corrected chi connectivity index (χ2v) is 8.28. The molecule has 6 nitrogen and oxygen atoms in total. The molecule has 2 aromatic heterocycles. The van der Waals surface area contributed by atoms with E-state index >= 15 is 0 Å². The van der Waals surface area contributed by atoms with Crippen LogP contribution in [-0.4, -0.2) is 38.6 Å². The molecular formula is C27H22F2N4O2. The fraction of sp³-hybridized carbons (Fsp3) is 0.222. The highest BCUT2D eigenvalue weighted by molar-refractivity contribution is 5.77. The number of fused-ring (bicyclic) bond motifs is 1. The zero-order chi connectivity index (χ0) is 24.2. The standard InChI is InChI=1S/C27H22F2N4O2/c28-22-10-9-21(16-23(22)29)35-18-19-5-7-20(8-6-19)26-25-17-30-11-14-33(25)27(31-26)24-4-3-13-32(24)12-1-2-15-34/h5-11,14-17,24H,3-4,12-13,18H2/t24-/m0/s1. The first-order valence-electron chi connectivity index (χ1n) is 11.3. The van der Waals surface area contributed by atoms with Gasteiger partial charge in [-0.2, -0.15) is 0 Å². The largest absolute Gasteiger partial charge is 0.489 e. The van der Waals surface area contributed by atoms with Crippen LogP contribution in [0, 0.1) is 23.5 Å². The van der Waals surface area contributed by atoms with Gasteiger partial charge in [0.2, 0.25) is 0 Å². The van der Waals surface area contributed by atoms with E-state index in [2.05, 4.69) is 26.1 Å². The molecule has 2 aromatic carbocycles. The van der Waals surface area contributed by atoms with Gasteiger partial charge in [0, 0.05) is 24.0 Å². The van der Waals surface area contributed by atoms with Crippen LogP contribution in [0.15, 0.2) is 61.1 Å². The van der Waals surface area contributed by atoms with Gasteiger partial charge in [0.25, 0.3) is 0 Å². The molecule has 1 fully saturated rings. The van der Waals surface area contributed by atoms with Gasteiger partial charge >= 0.3 is 0 Å². The van der Waals surface area contributed by atoms with Crippen molar-refractivity contribution in [2.45, 2.75) is 25.5 Å². The zero-order valence-electron chi connectivity index (χ0n) is 18.8. The Morgan fingerprint density at radius 1 is 1.14 bits per heavy atom. The summed E-state index contributed by atoms with van der Waals surface area (Å²) in [5, 5.41) is 0. The second-order valence-electron chi connectivity index (χ2n) is 8.28. The maximum absolute atomic E-state index is 13.4. The molecule has 0 amide bonds. The van der Waals surface area contributed by atoms with Gasteiger partial charge < -0.3 is 4.74 Å². The van der Waals surface area contributed by atoms with Crippen LogP contribution >= 0.6 is 0 Å². The van der Waals surface area contributed by atoms with Crippen LogP contribution < -0.4 is 4.74 Å². The molecular weight excluding hydrogens is 450 g/mol. The molecule has 0 radical (unpaired) electrons. The van der Waals surface area contributed by atoms with Crippen molar-refractivity contribution in [3.05, 3.63) is 84.1 Å². The average molecular weight is 472 g/mol. The number of benzene rings is 2. The lowest BCUT2D eigenvalue weighted by molar-refractivity contribution is -0.103. The first-order valence-corrected chi connectivity index (χ1v) is 11.3. The number of likely N-dealkylation sites (tertiary alicyclic amines) is 1. The molecule has 176 valence electrons. The molecule has 5 rings (SSSR count). The van der Waals surface area contributed by atoms with Crippen LogP contribution in [0.5, 0.6) is 5.75 Å². The van der Waals surface area contributed by atoms with Gasteiger partial charge in [-0.15, -0.1) is 0 Å².